The molecule has 0 radical (unpaired) electrons. The van der Waals surface area contributed by atoms with Crippen LogP contribution in [-0.2, 0) is 95.3 Å². The minimum Gasteiger partial charge on any atom is -0.463 e. The van der Waals surface area contributed by atoms with Crippen molar-refractivity contribution in [1.29, 1.82) is 0 Å². The monoisotopic (exact) mass is 890 g/mol. The molecule has 8 unspecified atom stereocenters. The second kappa shape index (κ2) is 27.6. The van der Waals surface area contributed by atoms with E-state index in [9.17, 15) is 43.2 Å². The molecule has 0 aromatic carbocycles. The fraction of sp³-hybridized carbons (Fsp3) is 0.711. The Morgan fingerprint density at radius 2 is 1.10 bits per heavy atom. The molecule has 350 valence electrons. The van der Waals surface area contributed by atoms with Gasteiger partial charge in [-0.3, -0.25) is 43.2 Å². The van der Waals surface area contributed by atoms with Crippen LogP contribution in [0.3, 0.4) is 0 Å². The smallest absolute Gasteiger partial charge is 0.307 e. The molecule has 62 heavy (non-hydrogen) atoms. The van der Waals surface area contributed by atoms with Gasteiger partial charge >= 0.3 is 41.8 Å². The number of esters is 7. The van der Waals surface area contributed by atoms with Crippen LogP contribution in [0.5, 0.6) is 0 Å². The van der Waals surface area contributed by atoms with Crippen LogP contribution in [0.2, 0.25) is 0 Å². The standard InChI is InChI=1S/C38H58N4O20/c1-21(43)52-17-30-28(56-23(3)45)16-29(57-24(4)46)37(61-30)54-19-32(50)40-11-8-13-42(15-10-39)14-9-12-41-33(51)20-55-38-36(60-27(7)49)35(59-26(6)48)34(58-25(5)47)31(62-38)18-53-22(2)44/h16,29-31,34-38H,8-15,17-20,39H2,1-7H3,(H,40,50)(H,41,51). The van der Waals surface area contributed by atoms with Gasteiger partial charge < -0.3 is 73.4 Å². The second-order valence-corrected chi connectivity index (χ2v) is 13.8. The summed E-state index contributed by atoms with van der Waals surface area (Å²) in [7, 11) is 0. The van der Waals surface area contributed by atoms with Gasteiger partial charge in [-0.05, 0) is 25.9 Å². The number of amides is 2. The van der Waals surface area contributed by atoms with Crippen LogP contribution in [0.4, 0.5) is 0 Å². The van der Waals surface area contributed by atoms with Gasteiger partial charge in [0.1, 0.15) is 38.3 Å². The molecule has 2 aliphatic rings. The molecule has 4 N–H and O–H groups in total. The van der Waals surface area contributed by atoms with Gasteiger partial charge in [0.25, 0.3) is 0 Å². The number of hydrogen-bond donors (Lipinski definition) is 3. The zero-order chi connectivity index (χ0) is 46.4. The third-order valence-corrected chi connectivity index (χ3v) is 8.31. The summed E-state index contributed by atoms with van der Waals surface area (Å²) in [5, 5.41) is 5.42. The van der Waals surface area contributed by atoms with Crippen molar-refractivity contribution in [1.82, 2.24) is 15.5 Å². The van der Waals surface area contributed by atoms with E-state index in [1.54, 1.807) is 0 Å². The molecule has 0 spiro atoms. The lowest BCUT2D eigenvalue weighted by atomic mass is 9.98. The fourth-order valence-electron chi connectivity index (χ4n) is 5.97. The Hall–Kier alpha value is -5.27. The molecule has 2 heterocycles. The third-order valence-electron chi connectivity index (χ3n) is 8.31. The van der Waals surface area contributed by atoms with Gasteiger partial charge in [0.2, 0.25) is 11.8 Å². The van der Waals surface area contributed by atoms with Gasteiger partial charge in [0.15, 0.2) is 43.1 Å². The third kappa shape index (κ3) is 20.5. The van der Waals surface area contributed by atoms with Crippen LogP contribution in [0, 0.1) is 0 Å². The summed E-state index contributed by atoms with van der Waals surface area (Å²) in [6.07, 6.45) is -8.37. The van der Waals surface area contributed by atoms with E-state index in [4.69, 9.17) is 57.8 Å². The molecule has 0 aromatic rings. The van der Waals surface area contributed by atoms with Gasteiger partial charge in [-0.25, -0.2) is 0 Å². The van der Waals surface area contributed by atoms with E-state index in [-0.39, 0.29) is 25.5 Å². The average Bonchev–Trinajstić information content (AvgIpc) is 3.16. The topological polar surface area (TPSA) is 308 Å². The number of ether oxygens (including phenoxy) is 11. The SMILES string of the molecule is CC(=O)OCC1OC(OCC(=O)NCCCN(CCN)CCCNC(=O)COC2OC(COC(C)=O)C(OC(C)=O)C(OC(C)=O)C2OC(C)=O)C(OC(C)=O)C=C1OC(C)=O. The highest BCUT2D eigenvalue weighted by Gasteiger charge is 2.53. The van der Waals surface area contributed by atoms with E-state index in [0.717, 1.165) is 41.5 Å². The van der Waals surface area contributed by atoms with Crippen LogP contribution in [0.1, 0.15) is 61.3 Å². The molecule has 2 amide bonds. The summed E-state index contributed by atoms with van der Waals surface area (Å²) in [4.78, 5) is 110. The Kier molecular flexibility index (Phi) is 23.6. The number of hydrogen-bond acceptors (Lipinski definition) is 22. The first-order valence-electron chi connectivity index (χ1n) is 19.6. The molecule has 1 fully saturated rings. The number of nitrogens with two attached hydrogens (primary N) is 1. The Balaban J connectivity index is 1.88. The molecule has 0 bridgehead atoms. The molecule has 1 saturated heterocycles. The highest BCUT2D eigenvalue weighted by Crippen LogP contribution is 2.30. The van der Waals surface area contributed by atoms with E-state index < -0.39 is 123 Å². The first-order valence-corrected chi connectivity index (χ1v) is 19.6. The predicted octanol–water partition coefficient (Wildman–Crippen LogP) is -1.96. The van der Waals surface area contributed by atoms with E-state index in [0.29, 0.717) is 39.0 Å². The van der Waals surface area contributed by atoms with Crippen LogP contribution in [0.15, 0.2) is 11.8 Å². The minimum absolute atomic E-state index is 0.0592. The molecular formula is C38H58N4O20. The Labute approximate surface area is 357 Å². The lowest BCUT2D eigenvalue weighted by molar-refractivity contribution is -0.306. The lowest BCUT2D eigenvalue weighted by Gasteiger charge is -2.43. The highest BCUT2D eigenvalue weighted by molar-refractivity contribution is 5.77. The lowest BCUT2D eigenvalue weighted by Crippen LogP contribution is -2.63. The van der Waals surface area contributed by atoms with Gasteiger partial charge in [-0.2, -0.15) is 0 Å². The first-order chi connectivity index (χ1) is 29.3. The summed E-state index contributed by atoms with van der Waals surface area (Å²) >= 11 is 0. The fourth-order valence-corrected chi connectivity index (χ4v) is 5.97. The van der Waals surface area contributed by atoms with Crippen molar-refractivity contribution in [2.75, 3.05) is 65.7 Å². The molecule has 24 heteroatoms. The van der Waals surface area contributed by atoms with E-state index in [1.807, 2.05) is 4.90 Å². The maximum absolute atomic E-state index is 12.8. The zero-order valence-electron chi connectivity index (χ0n) is 35.9. The van der Waals surface area contributed by atoms with E-state index >= 15 is 0 Å². The summed E-state index contributed by atoms with van der Waals surface area (Å²) in [6, 6.07) is 0. The Morgan fingerprint density at radius 1 is 0.597 bits per heavy atom. The summed E-state index contributed by atoms with van der Waals surface area (Å²) in [5.41, 5.74) is 5.80. The van der Waals surface area contributed by atoms with Crippen LogP contribution in [-0.4, -0.2) is 173 Å². The van der Waals surface area contributed by atoms with Crippen LogP contribution >= 0.6 is 0 Å². The average molecular weight is 891 g/mol. The van der Waals surface area contributed by atoms with Crippen molar-refractivity contribution in [2.45, 2.75) is 111 Å². The number of nitrogens with one attached hydrogen (secondary N) is 2. The normalized spacial score (nSPS) is 23.1. The van der Waals surface area contributed by atoms with Crippen molar-refractivity contribution in [3.8, 4) is 0 Å². The predicted molar refractivity (Wildman–Crippen MR) is 205 cm³/mol. The highest BCUT2D eigenvalue weighted by atomic mass is 16.7. The van der Waals surface area contributed by atoms with Gasteiger partial charge in [0.05, 0.1) is 0 Å². The first kappa shape index (κ1) is 52.9. The van der Waals surface area contributed by atoms with Crippen molar-refractivity contribution < 1.29 is 95.3 Å². The molecule has 24 nitrogen and oxygen atoms in total. The number of carbonyl (C=O) groups is 9. The van der Waals surface area contributed by atoms with Gasteiger partial charge in [-0.1, -0.05) is 0 Å². The summed E-state index contributed by atoms with van der Waals surface area (Å²) < 4.78 is 59.2. The van der Waals surface area contributed by atoms with Crippen LogP contribution in [0.25, 0.3) is 0 Å². The summed E-state index contributed by atoms with van der Waals surface area (Å²) in [5.74, 6) is -6.29. The van der Waals surface area contributed by atoms with Crippen molar-refractivity contribution in [3.63, 3.8) is 0 Å². The van der Waals surface area contributed by atoms with Crippen molar-refractivity contribution in [2.24, 2.45) is 5.73 Å². The Bertz CT molecular complexity index is 1590. The van der Waals surface area contributed by atoms with Crippen molar-refractivity contribution >= 4 is 53.6 Å². The maximum Gasteiger partial charge on any atom is 0.307 e. The van der Waals surface area contributed by atoms with Gasteiger partial charge in [-0.15, -0.1) is 0 Å². The Morgan fingerprint density at radius 3 is 1.60 bits per heavy atom. The number of carbonyl (C=O) groups excluding carboxylic acids is 9. The second-order valence-electron chi connectivity index (χ2n) is 13.8. The molecule has 2 rings (SSSR count). The maximum atomic E-state index is 12.8. The van der Waals surface area contributed by atoms with Gasteiger partial charge in [0, 0.05) is 80.7 Å². The van der Waals surface area contributed by atoms with Crippen molar-refractivity contribution in [3.05, 3.63) is 11.8 Å². The molecular weight excluding hydrogens is 832 g/mol. The zero-order valence-corrected chi connectivity index (χ0v) is 35.9. The largest absolute Gasteiger partial charge is 0.463 e. The van der Waals surface area contributed by atoms with E-state index in [1.165, 1.54) is 13.0 Å². The number of rotatable bonds is 25. The summed E-state index contributed by atoms with van der Waals surface area (Å²) in [6.45, 7) is 8.34. The van der Waals surface area contributed by atoms with Crippen LogP contribution < -0.4 is 16.4 Å². The molecule has 0 aromatic heterocycles. The minimum atomic E-state index is -1.52. The quantitative estimate of drug-likeness (QED) is 0.0509. The molecule has 0 aliphatic carbocycles. The van der Waals surface area contributed by atoms with E-state index in [2.05, 4.69) is 10.6 Å². The molecule has 0 saturated carbocycles. The molecule has 8 atom stereocenters. The number of nitrogens with zero attached hydrogens (tertiary/aromatic N) is 1. The molecule has 2 aliphatic heterocycles.